The van der Waals surface area contributed by atoms with Crippen molar-refractivity contribution in [3.05, 3.63) is 28.2 Å². The van der Waals surface area contributed by atoms with Crippen LogP contribution in [0, 0.1) is 0 Å². The summed E-state index contributed by atoms with van der Waals surface area (Å²) >= 11 is 3.52. The lowest BCUT2D eigenvalue weighted by atomic mass is 9.98. The minimum atomic E-state index is 0.227. The average Bonchev–Trinajstić information content (AvgIpc) is 2.28. The third kappa shape index (κ3) is 4.26. The predicted molar refractivity (Wildman–Crippen MR) is 80.0 cm³/mol. The molecule has 0 radical (unpaired) electrons. The zero-order chi connectivity index (χ0) is 13.7. The molecule has 0 spiro atoms. The van der Waals surface area contributed by atoms with Gasteiger partial charge in [0, 0.05) is 22.1 Å². The number of nitrogens with two attached hydrogens (primary N) is 1. The Bertz CT molecular complexity index is 380. The predicted octanol–water partition coefficient (Wildman–Crippen LogP) is 3.19. The van der Waals surface area contributed by atoms with Gasteiger partial charge in [-0.05, 0) is 52.1 Å². The van der Waals surface area contributed by atoms with E-state index in [1.165, 1.54) is 5.56 Å². The highest BCUT2D eigenvalue weighted by Gasteiger charge is 2.19. The molecule has 0 aliphatic heterocycles. The number of benzene rings is 1. The maximum Gasteiger partial charge on any atom is 0.123 e. The summed E-state index contributed by atoms with van der Waals surface area (Å²) in [6.45, 7) is 2.05. The molecule has 0 aromatic heterocycles. The van der Waals surface area contributed by atoms with E-state index in [0.29, 0.717) is 6.04 Å². The minimum absolute atomic E-state index is 0.227. The Morgan fingerprint density at radius 3 is 2.50 bits per heavy atom. The van der Waals surface area contributed by atoms with Crippen LogP contribution in [-0.4, -0.2) is 32.1 Å². The van der Waals surface area contributed by atoms with Crippen LogP contribution in [0.15, 0.2) is 22.7 Å². The van der Waals surface area contributed by atoms with Crippen molar-refractivity contribution in [1.29, 1.82) is 0 Å². The van der Waals surface area contributed by atoms with E-state index in [0.717, 1.165) is 23.1 Å². The van der Waals surface area contributed by atoms with Gasteiger partial charge in [-0.25, -0.2) is 0 Å². The van der Waals surface area contributed by atoms with Gasteiger partial charge in [0.1, 0.15) is 5.75 Å². The zero-order valence-electron chi connectivity index (χ0n) is 11.6. The van der Waals surface area contributed by atoms with Crippen LogP contribution in [-0.2, 0) is 0 Å². The van der Waals surface area contributed by atoms with Gasteiger partial charge in [0.2, 0.25) is 0 Å². The lowest BCUT2D eigenvalue weighted by Gasteiger charge is -2.27. The Morgan fingerprint density at radius 1 is 1.33 bits per heavy atom. The first-order valence-corrected chi connectivity index (χ1v) is 7.00. The van der Waals surface area contributed by atoms with Gasteiger partial charge >= 0.3 is 0 Å². The van der Waals surface area contributed by atoms with E-state index >= 15 is 0 Å². The number of nitrogens with zero attached hydrogens (tertiary/aromatic N) is 1. The Hall–Kier alpha value is -0.580. The highest BCUT2D eigenvalue weighted by Crippen LogP contribution is 2.33. The molecule has 0 saturated carbocycles. The van der Waals surface area contributed by atoms with E-state index in [1.54, 1.807) is 7.11 Å². The Labute approximate surface area is 118 Å². The first-order chi connectivity index (χ1) is 8.45. The van der Waals surface area contributed by atoms with Crippen molar-refractivity contribution in [3.8, 4) is 5.75 Å². The monoisotopic (exact) mass is 314 g/mol. The van der Waals surface area contributed by atoms with Crippen LogP contribution in [0.25, 0.3) is 0 Å². The van der Waals surface area contributed by atoms with Crippen LogP contribution in [0.1, 0.15) is 31.4 Å². The van der Waals surface area contributed by atoms with Gasteiger partial charge in [-0.15, -0.1) is 0 Å². The summed E-state index contributed by atoms with van der Waals surface area (Å²) < 4.78 is 6.53. The van der Waals surface area contributed by atoms with Gasteiger partial charge in [-0.2, -0.15) is 0 Å². The van der Waals surface area contributed by atoms with Gasteiger partial charge in [0.05, 0.1) is 7.11 Å². The van der Waals surface area contributed by atoms with Crippen LogP contribution in [0.5, 0.6) is 5.75 Å². The molecule has 0 aliphatic rings. The zero-order valence-corrected chi connectivity index (χ0v) is 13.2. The molecule has 4 heteroatoms. The molecule has 0 heterocycles. The van der Waals surface area contributed by atoms with Crippen molar-refractivity contribution in [2.24, 2.45) is 5.73 Å². The second-order valence-electron chi connectivity index (χ2n) is 4.92. The summed E-state index contributed by atoms with van der Waals surface area (Å²) in [5.74, 6) is 0.932. The largest absolute Gasteiger partial charge is 0.496 e. The summed E-state index contributed by atoms with van der Waals surface area (Å²) in [5.41, 5.74) is 7.07. The summed E-state index contributed by atoms with van der Waals surface area (Å²) in [6.07, 6.45) is 2.02. The number of rotatable bonds is 6. The SMILES string of the molecule is COc1ccc(Br)cc1C(CCC(C)N)N(C)C. The molecule has 3 nitrogen and oxygen atoms in total. The van der Waals surface area contributed by atoms with E-state index in [4.69, 9.17) is 10.5 Å². The van der Waals surface area contributed by atoms with E-state index in [2.05, 4.69) is 41.0 Å². The molecule has 0 amide bonds. The third-order valence-corrected chi connectivity index (χ3v) is 3.56. The Kier molecular flexibility index (Phi) is 6.12. The molecule has 1 aromatic rings. The fourth-order valence-corrected chi connectivity index (χ4v) is 2.46. The number of halogens is 1. The first-order valence-electron chi connectivity index (χ1n) is 6.21. The average molecular weight is 315 g/mol. The maximum absolute atomic E-state index is 5.86. The van der Waals surface area contributed by atoms with Crippen LogP contribution < -0.4 is 10.5 Å². The first kappa shape index (κ1) is 15.5. The topological polar surface area (TPSA) is 38.5 Å². The number of ether oxygens (including phenoxy) is 1. The summed E-state index contributed by atoms with van der Waals surface area (Å²) in [5, 5.41) is 0. The molecule has 1 aromatic carbocycles. The molecular weight excluding hydrogens is 292 g/mol. The molecule has 0 bridgehead atoms. The second-order valence-corrected chi connectivity index (χ2v) is 5.84. The number of hydrogen-bond acceptors (Lipinski definition) is 3. The fourth-order valence-electron chi connectivity index (χ4n) is 2.08. The Morgan fingerprint density at radius 2 is 2.00 bits per heavy atom. The Balaban J connectivity index is 3.00. The van der Waals surface area contributed by atoms with Gasteiger partial charge in [0.15, 0.2) is 0 Å². The van der Waals surface area contributed by atoms with Crippen LogP contribution >= 0.6 is 15.9 Å². The third-order valence-electron chi connectivity index (χ3n) is 3.07. The van der Waals surface area contributed by atoms with E-state index < -0.39 is 0 Å². The molecule has 0 saturated heterocycles. The molecule has 18 heavy (non-hydrogen) atoms. The molecular formula is C14H23BrN2O. The lowest BCUT2D eigenvalue weighted by molar-refractivity contribution is 0.266. The van der Waals surface area contributed by atoms with Crippen molar-refractivity contribution < 1.29 is 4.74 Å². The van der Waals surface area contributed by atoms with Crippen molar-refractivity contribution in [3.63, 3.8) is 0 Å². The standard InChI is InChI=1S/C14H23BrN2O/c1-10(16)5-7-13(17(2)3)12-9-11(15)6-8-14(12)18-4/h6,8-10,13H,5,7,16H2,1-4H3. The van der Waals surface area contributed by atoms with Gasteiger partial charge in [-0.1, -0.05) is 15.9 Å². The van der Waals surface area contributed by atoms with Crippen LogP contribution in [0.2, 0.25) is 0 Å². The van der Waals surface area contributed by atoms with Gasteiger partial charge in [0.25, 0.3) is 0 Å². The highest BCUT2D eigenvalue weighted by molar-refractivity contribution is 9.10. The number of methoxy groups -OCH3 is 1. The van der Waals surface area contributed by atoms with Crippen LogP contribution in [0.4, 0.5) is 0 Å². The number of hydrogen-bond donors (Lipinski definition) is 1. The molecule has 1 rings (SSSR count). The molecule has 2 unspecified atom stereocenters. The van der Waals surface area contributed by atoms with E-state index in [-0.39, 0.29) is 6.04 Å². The van der Waals surface area contributed by atoms with Crippen molar-refractivity contribution >= 4 is 15.9 Å². The quantitative estimate of drug-likeness (QED) is 0.876. The fraction of sp³-hybridized carbons (Fsp3) is 0.571. The van der Waals surface area contributed by atoms with Crippen molar-refractivity contribution in [1.82, 2.24) is 4.90 Å². The molecule has 2 N–H and O–H groups in total. The lowest BCUT2D eigenvalue weighted by Crippen LogP contribution is -2.24. The normalized spacial score (nSPS) is 14.6. The molecule has 102 valence electrons. The minimum Gasteiger partial charge on any atom is -0.496 e. The van der Waals surface area contributed by atoms with Gasteiger partial charge in [-0.3, -0.25) is 0 Å². The van der Waals surface area contributed by atoms with Crippen molar-refractivity contribution in [2.75, 3.05) is 21.2 Å². The highest BCUT2D eigenvalue weighted by atomic mass is 79.9. The molecule has 2 atom stereocenters. The summed E-state index contributed by atoms with van der Waals surface area (Å²) in [7, 11) is 5.89. The van der Waals surface area contributed by atoms with Crippen molar-refractivity contribution in [2.45, 2.75) is 31.8 Å². The second kappa shape index (κ2) is 7.12. The molecule has 0 fully saturated rings. The summed E-state index contributed by atoms with van der Waals surface area (Å²) in [4.78, 5) is 2.21. The van der Waals surface area contributed by atoms with Gasteiger partial charge < -0.3 is 15.4 Å². The van der Waals surface area contributed by atoms with E-state index in [1.807, 2.05) is 19.1 Å². The smallest absolute Gasteiger partial charge is 0.123 e. The maximum atomic E-state index is 5.86. The van der Waals surface area contributed by atoms with Crippen LogP contribution in [0.3, 0.4) is 0 Å². The molecule has 0 aliphatic carbocycles. The summed E-state index contributed by atoms with van der Waals surface area (Å²) in [6, 6.07) is 6.68. The van der Waals surface area contributed by atoms with E-state index in [9.17, 15) is 0 Å².